The van der Waals surface area contributed by atoms with Crippen LogP contribution >= 0.6 is 0 Å². The number of rotatable bonds is 6. The van der Waals surface area contributed by atoms with Gasteiger partial charge in [-0.05, 0) is 61.3 Å². The molecule has 1 saturated carbocycles. The van der Waals surface area contributed by atoms with Crippen LogP contribution in [0.2, 0.25) is 0 Å². The predicted molar refractivity (Wildman–Crippen MR) is 91.9 cm³/mol. The summed E-state index contributed by atoms with van der Waals surface area (Å²) in [5.74, 6) is 0.179. The average molecular weight is 318 g/mol. The van der Waals surface area contributed by atoms with Crippen LogP contribution in [0.25, 0.3) is 0 Å². The molecule has 0 heterocycles. The van der Waals surface area contributed by atoms with Crippen LogP contribution in [0.4, 0.5) is 0 Å². The van der Waals surface area contributed by atoms with Gasteiger partial charge in [0.2, 0.25) is 0 Å². The fourth-order valence-electron chi connectivity index (χ4n) is 5.07. The molecule has 0 bridgehead atoms. The minimum atomic E-state index is -0.256. The molecule has 2 aliphatic carbocycles. The molecule has 128 valence electrons. The van der Waals surface area contributed by atoms with E-state index in [2.05, 4.69) is 19.9 Å². The summed E-state index contributed by atoms with van der Waals surface area (Å²) in [6.45, 7) is 6.63. The Kier molecular flexibility index (Phi) is 5.61. The summed E-state index contributed by atoms with van der Waals surface area (Å²) in [6, 6.07) is 0. The topological polar surface area (TPSA) is 54.4 Å². The number of aliphatic hydroxyl groups is 1. The third kappa shape index (κ3) is 3.35. The van der Waals surface area contributed by atoms with E-state index in [1.165, 1.54) is 6.42 Å². The zero-order valence-electron chi connectivity index (χ0n) is 14.7. The second kappa shape index (κ2) is 7.12. The van der Waals surface area contributed by atoms with Gasteiger partial charge in [-0.1, -0.05) is 38.0 Å². The van der Waals surface area contributed by atoms with Gasteiger partial charge in [0.15, 0.2) is 0 Å². The van der Waals surface area contributed by atoms with E-state index < -0.39 is 0 Å². The van der Waals surface area contributed by atoms with Crippen molar-refractivity contribution in [3.8, 4) is 0 Å². The van der Waals surface area contributed by atoms with Crippen molar-refractivity contribution in [2.75, 3.05) is 6.61 Å². The van der Waals surface area contributed by atoms with Crippen molar-refractivity contribution < 1.29 is 14.7 Å². The molecule has 0 aromatic carbocycles. The molecule has 1 N–H and O–H groups in total. The molecule has 3 heteroatoms. The lowest BCUT2D eigenvalue weighted by Crippen LogP contribution is -2.50. The highest BCUT2D eigenvalue weighted by molar-refractivity contribution is 5.82. The van der Waals surface area contributed by atoms with E-state index >= 15 is 0 Å². The van der Waals surface area contributed by atoms with E-state index in [-0.39, 0.29) is 23.4 Å². The molecule has 2 aliphatic rings. The molecular formula is C20H30O3. The van der Waals surface area contributed by atoms with Crippen LogP contribution in [0.3, 0.4) is 0 Å². The van der Waals surface area contributed by atoms with E-state index in [1.54, 1.807) is 0 Å². The molecule has 0 amide bonds. The van der Waals surface area contributed by atoms with E-state index in [9.17, 15) is 9.59 Å². The van der Waals surface area contributed by atoms with E-state index in [0.717, 1.165) is 50.2 Å². The van der Waals surface area contributed by atoms with Gasteiger partial charge >= 0.3 is 0 Å². The second-order valence-electron chi connectivity index (χ2n) is 7.98. The number of aldehydes is 2. The van der Waals surface area contributed by atoms with Crippen LogP contribution in [0.1, 0.15) is 59.3 Å². The maximum Gasteiger partial charge on any atom is 0.146 e. The van der Waals surface area contributed by atoms with Crippen molar-refractivity contribution in [3.63, 3.8) is 0 Å². The molecule has 0 aliphatic heterocycles. The van der Waals surface area contributed by atoms with Gasteiger partial charge in [0.05, 0.1) is 6.61 Å². The Morgan fingerprint density at radius 3 is 2.70 bits per heavy atom. The first kappa shape index (κ1) is 18.1. The predicted octanol–water partition coefficient (Wildman–Crippen LogP) is 3.86. The minimum Gasteiger partial charge on any atom is -0.392 e. The summed E-state index contributed by atoms with van der Waals surface area (Å²) in [5.41, 5.74) is 1.78. The largest absolute Gasteiger partial charge is 0.392 e. The zero-order chi connectivity index (χ0) is 17.1. The Morgan fingerprint density at radius 1 is 1.35 bits per heavy atom. The Balaban J connectivity index is 2.25. The van der Waals surface area contributed by atoms with Crippen LogP contribution in [0.15, 0.2) is 23.3 Å². The molecule has 4 unspecified atom stereocenters. The molecule has 0 radical (unpaired) electrons. The first-order valence-corrected chi connectivity index (χ1v) is 8.78. The maximum absolute atomic E-state index is 11.7. The third-order valence-electron chi connectivity index (χ3n) is 6.49. The fraction of sp³-hybridized carbons (Fsp3) is 0.700. The first-order chi connectivity index (χ1) is 10.9. The molecule has 1 fully saturated rings. The molecule has 0 aromatic rings. The number of allylic oxidation sites excluding steroid dienone is 3. The highest BCUT2D eigenvalue weighted by atomic mass is 16.3. The normalized spacial score (nSPS) is 37.7. The van der Waals surface area contributed by atoms with E-state index in [1.807, 2.05) is 13.0 Å². The van der Waals surface area contributed by atoms with Crippen molar-refractivity contribution in [2.24, 2.45) is 22.7 Å². The summed E-state index contributed by atoms with van der Waals surface area (Å²) < 4.78 is 0. The molecule has 23 heavy (non-hydrogen) atoms. The third-order valence-corrected chi connectivity index (χ3v) is 6.49. The van der Waals surface area contributed by atoms with Gasteiger partial charge in [0.25, 0.3) is 0 Å². The highest BCUT2D eigenvalue weighted by Crippen LogP contribution is 2.60. The lowest BCUT2D eigenvalue weighted by atomic mass is 9.47. The van der Waals surface area contributed by atoms with Crippen LogP contribution < -0.4 is 0 Å². The number of hydrogen-bond acceptors (Lipinski definition) is 3. The van der Waals surface area contributed by atoms with Crippen molar-refractivity contribution in [3.05, 3.63) is 23.3 Å². The molecule has 4 atom stereocenters. The van der Waals surface area contributed by atoms with E-state index in [0.29, 0.717) is 11.5 Å². The summed E-state index contributed by atoms with van der Waals surface area (Å²) in [6.07, 6.45) is 12.2. The Bertz CT molecular complexity index is 519. The number of hydrogen-bond donors (Lipinski definition) is 1. The minimum absolute atomic E-state index is 0.102. The molecular weight excluding hydrogens is 288 g/mol. The number of carbonyl (C=O) groups excluding carboxylic acids is 2. The van der Waals surface area contributed by atoms with Crippen LogP contribution in [-0.4, -0.2) is 24.3 Å². The zero-order valence-corrected chi connectivity index (χ0v) is 14.7. The van der Waals surface area contributed by atoms with Gasteiger partial charge in [-0.2, -0.15) is 0 Å². The molecule has 0 aromatic heterocycles. The van der Waals surface area contributed by atoms with Crippen molar-refractivity contribution in [1.29, 1.82) is 0 Å². The summed E-state index contributed by atoms with van der Waals surface area (Å²) in [5, 5.41) is 9.14. The SMILES string of the molecule is CC(=CCCC1(C)CCCC2(C)C(C=O)C(C=O)=CCC12)CO. The Hall–Kier alpha value is -1.22. The molecule has 0 saturated heterocycles. The van der Waals surface area contributed by atoms with Crippen LogP contribution in [-0.2, 0) is 9.59 Å². The van der Waals surface area contributed by atoms with Gasteiger partial charge in [-0.25, -0.2) is 0 Å². The van der Waals surface area contributed by atoms with Crippen molar-refractivity contribution >= 4 is 12.6 Å². The summed E-state index contributed by atoms with van der Waals surface area (Å²) >= 11 is 0. The quantitative estimate of drug-likeness (QED) is 0.597. The van der Waals surface area contributed by atoms with Crippen LogP contribution in [0.5, 0.6) is 0 Å². The van der Waals surface area contributed by atoms with Gasteiger partial charge in [-0.15, -0.1) is 0 Å². The maximum atomic E-state index is 11.7. The lowest BCUT2D eigenvalue weighted by molar-refractivity contribution is -0.123. The smallest absolute Gasteiger partial charge is 0.146 e. The molecule has 0 spiro atoms. The highest BCUT2D eigenvalue weighted by Gasteiger charge is 2.53. The van der Waals surface area contributed by atoms with E-state index in [4.69, 9.17) is 5.11 Å². The average Bonchev–Trinajstić information content (AvgIpc) is 2.53. The molecule has 2 rings (SSSR count). The van der Waals surface area contributed by atoms with Crippen molar-refractivity contribution in [2.45, 2.75) is 59.3 Å². The second-order valence-corrected chi connectivity index (χ2v) is 7.98. The number of aliphatic hydroxyl groups excluding tert-OH is 1. The van der Waals surface area contributed by atoms with Crippen molar-refractivity contribution in [1.82, 2.24) is 0 Å². The summed E-state index contributed by atoms with van der Waals surface area (Å²) in [7, 11) is 0. The van der Waals surface area contributed by atoms with Gasteiger partial charge in [0, 0.05) is 5.92 Å². The fourth-order valence-corrected chi connectivity index (χ4v) is 5.07. The first-order valence-electron chi connectivity index (χ1n) is 8.78. The summed E-state index contributed by atoms with van der Waals surface area (Å²) in [4.78, 5) is 23.0. The monoisotopic (exact) mass is 318 g/mol. The lowest BCUT2D eigenvalue weighted by Gasteiger charge is -2.56. The Morgan fingerprint density at radius 2 is 2.09 bits per heavy atom. The number of carbonyl (C=O) groups is 2. The van der Waals surface area contributed by atoms with Crippen LogP contribution in [0, 0.1) is 22.7 Å². The van der Waals surface area contributed by atoms with Gasteiger partial charge in [0.1, 0.15) is 12.6 Å². The standard InChI is InChI=1S/C20H30O3/c1-15(12-21)6-4-9-19(2)10-5-11-20(3)17(14-23)16(13-22)7-8-18(19)20/h6-7,13-14,17-18,21H,4-5,8-12H2,1-3H3. The van der Waals surface area contributed by atoms with Gasteiger partial charge < -0.3 is 9.90 Å². The number of fused-ring (bicyclic) bond motifs is 1. The van der Waals surface area contributed by atoms with Gasteiger partial charge in [-0.3, -0.25) is 4.79 Å². The molecule has 3 nitrogen and oxygen atoms in total. The Labute approximate surface area is 139 Å².